The van der Waals surface area contributed by atoms with Crippen LogP contribution in [0.15, 0.2) is 0 Å². The van der Waals surface area contributed by atoms with Gasteiger partial charge in [0.2, 0.25) is 0 Å². The average molecular weight is 170 g/mol. The third-order valence-corrected chi connectivity index (χ3v) is 2.89. The average Bonchev–Trinajstić information content (AvgIpc) is 2.65. The molecule has 0 spiro atoms. The summed E-state index contributed by atoms with van der Waals surface area (Å²) in [6, 6.07) is 0. The Morgan fingerprint density at radius 3 is 2.67 bits per heavy atom. The first-order chi connectivity index (χ1) is 5.79. The summed E-state index contributed by atoms with van der Waals surface area (Å²) < 4.78 is 0. The second-order valence-corrected chi connectivity index (χ2v) is 4.20. The molecule has 0 bridgehead atoms. The van der Waals surface area contributed by atoms with Crippen molar-refractivity contribution in [3.63, 3.8) is 0 Å². The van der Waals surface area contributed by atoms with Crippen molar-refractivity contribution in [2.45, 2.75) is 24.9 Å². The molecule has 1 saturated heterocycles. The van der Waals surface area contributed by atoms with Crippen molar-refractivity contribution in [2.24, 2.45) is 5.92 Å². The molecule has 12 heavy (non-hydrogen) atoms. The lowest BCUT2D eigenvalue weighted by molar-refractivity contribution is 0.139. The molecule has 0 aromatic heterocycles. The van der Waals surface area contributed by atoms with Crippen LogP contribution in [0.4, 0.5) is 0 Å². The predicted molar refractivity (Wildman–Crippen MR) is 48.0 cm³/mol. The molecule has 3 N–H and O–H groups in total. The van der Waals surface area contributed by atoms with E-state index in [4.69, 9.17) is 0 Å². The summed E-state index contributed by atoms with van der Waals surface area (Å²) in [5, 5.41) is 16.1. The van der Waals surface area contributed by atoms with Crippen molar-refractivity contribution in [2.75, 3.05) is 26.2 Å². The molecule has 2 aliphatic rings. The number of aliphatic hydroxyl groups is 1. The lowest BCUT2D eigenvalue weighted by Gasteiger charge is -2.27. The highest BCUT2D eigenvalue weighted by atomic mass is 16.3. The standard InChI is InChI=1S/C9H18N2O/c12-9(1-2-9)3-4-10-5-8-6-11-7-8/h8,10-12H,1-7H2. The lowest BCUT2D eigenvalue weighted by Crippen LogP contribution is -2.47. The van der Waals surface area contributed by atoms with Crippen LogP contribution in [0.25, 0.3) is 0 Å². The maximum atomic E-state index is 9.51. The summed E-state index contributed by atoms with van der Waals surface area (Å²) in [4.78, 5) is 0. The van der Waals surface area contributed by atoms with E-state index in [-0.39, 0.29) is 5.60 Å². The lowest BCUT2D eigenvalue weighted by atomic mass is 10.0. The van der Waals surface area contributed by atoms with Gasteiger partial charge in [0.25, 0.3) is 0 Å². The number of nitrogens with one attached hydrogen (secondary N) is 2. The zero-order chi connectivity index (χ0) is 8.44. The van der Waals surface area contributed by atoms with Crippen molar-refractivity contribution in [3.05, 3.63) is 0 Å². The minimum atomic E-state index is -0.273. The van der Waals surface area contributed by atoms with Crippen LogP contribution in [-0.2, 0) is 0 Å². The molecule has 3 heteroatoms. The maximum absolute atomic E-state index is 9.51. The van der Waals surface area contributed by atoms with Gasteiger partial charge in [-0.15, -0.1) is 0 Å². The van der Waals surface area contributed by atoms with Crippen LogP contribution in [0.3, 0.4) is 0 Å². The van der Waals surface area contributed by atoms with Crippen LogP contribution in [0.5, 0.6) is 0 Å². The fraction of sp³-hybridized carbons (Fsp3) is 1.00. The summed E-state index contributed by atoms with van der Waals surface area (Å²) in [5.41, 5.74) is -0.273. The first-order valence-electron chi connectivity index (χ1n) is 4.92. The molecule has 0 unspecified atom stereocenters. The van der Waals surface area contributed by atoms with Crippen molar-refractivity contribution < 1.29 is 5.11 Å². The topological polar surface area (TPSA) is 44.3 Å². The minimum Gasteiger partial charge on any atom is -0.390 e. The Labute approximate surface area is 73.5 Å². The van der Waals surface area contributed by atoms with Gasteiger partial charge in [0.15, 0.2) is 0 Å². The van der Waals surface area contributed by atoms with Crippen molar-refractivity contribution >= 4 is 0 Å². The maximum Gasteiger partial charge on any atom is 0.0662 e. The van der Waals surface area contributed by atoms with E-state index in [1.165, 1.54) is 0 Å². The van der Waals surface area contributed by atoms with Crippen LogP contribution < -0.4 is 10.6 Å². The third kappa shape index (κ3) is 2.19. The zero-order valence-electron chi connectivity index (χ0n) is 7.47. The van der Waals surface area contributed by atoms with Crippen molar-refractivity contribution in [1.82, 2.24) is 10.6 Å². The Morgan fingerprint density at radius 1 is 1.42 bits per heavy atom. The van der Waals surface area contributed by atoms with Crippen LogP contribution in [0, 0.1) is 5.92 Å². The highest BCUT2D eigenvalue weighted by Gasteiger charge is 2.39. The second-order valence-electron chi connectivity index (χ2n) is 4.20. The highest BCUT2D eigenvalue weighted by Crippen LogP contribution is 2.37. The fourth-order valence-corrected chi connectivity index (χ4v) is 1.51. The van der Waals surface area contributed by atoms with Crippen LogP contribution in [0.1, 0.15) is 19.3 Å². The van der Waals surface area contributed by atoms with E-state index in [0.717, 1.165) is 51.4 Å². The predicted octanol–water partition coefficient (Wildman–Crippen LogP) is -0.290. The van der Waals surface area contributed by atoms with Crippen LogP contribution in [0.2, 0.25) is 0 Å². The number of rotatable bonds is 5. The molecule has 2 fully saturated rings. The van der Waals surface area contributed by atoms with E-state index < -0.39 is 0 Å². The summed E-state index contributed by atoms with van der Waals surface area (Å²) in [6.45, 7) is 4.42. The van der Waals surface area contributed by atoms with E-state index in [2.05, 4.69) is 10.6 Å². The van der Waals surface area contributed by atoms with Gasteiger partial charge in [-0.1, -0.05) is 0 Å². The quantitative estimate of drug-likeness (QED) is 0.497. The van der Waals surface area contributed by atoms with E-state index in [1.807, 2.05) is 0 Å². The normalized spacial score (nSPS) is 26.8. The van der Waals surface area contributed by atoms with Gasteiger partial charge in [-0.05, 0) is 31.7 Å². The van der Waals surface area contributed by atoms with Crippen molar-refractivity contribution in [3.8, 4) is 0 Å². The minimum absolute atomic E-state index is 0.273. The van der Waals surface area contributed by atoms with Crippen LogP contribution in [-0.4, -0.2) is 36.9 Å². The first kappa shape index (κ1) is 8.48. The van der Waals surface area contributed by atoms with E-state index >= 15 is 0 Å². The molecule has 2 rings (SSSR count). The Kier molecular flexibility index (Phi) is 2.35. The molecule has 1 aliphatic heterocycles. The van der Waals surface area contributed by atoms with Gasteiger partial charge in [0.1, 0.15) is 0 Å². The Morgan fingerprint density at radius 2 is 2.17 bits per heavy atom. The molecule has 1 aliphatic carbocycles. The summed E-state index contributed by atoms with van der Waals surface area (Å²) in [7, 11) is 0. The molecule has 0 atom stereocenters. The van der Waals surface area contributed by atoms with Gasteiger partial charge in [-0.25, -0.2) is 0 Å². The van der Waals surface area contributed by atoms with E-state index in [9.17, 15) is 5.11 Å². The summed E-state index contributed by atoms with van der Waals surface area (Å²) in [5.74, 6) is 0.832. The number of hydrogen-bond acceptors (Lipinski definition) is 3. The van der Waals surface area contributed by atoms with Gasteiger partial charge < -0.3 is 15.7 Å². The van der Waals surface area contributed by atoms with Gasteiger partial charge in [0.05, 0.1) is 5.60 Å². The summed E-state index contributed by atoms with van der Waals surface area (Å²) >= 11 is 0. The molecule has 0 amide bonds. The molecule has 70 valence electrons. The largest absolute Gasteiger partial charge is 0.390 e. The molecule has 1 heterocycles. The Bertz CT molecular complexity index is 153. The molecule has 0 radical (unpaired) electrons. The van der Waals surface area contributed by atoms with Gasteiger partial charge >= 0.3 is 0 Å². The van der Waals surface area contributed by atoms with Gasteiger partial charge in [-0.3, -0.25) is 0 Å². The SMILES string of the molecule is OC1(CCNCC2CNC2)CC1. The molecule has 0 aromatic carbocycles. The first-order valence-corrected chi connectivity index (χ1v) is 4.92. The van der Waals surface area contributed by atoms with Gasteiger partial charge in [-0.2, -0.15) is 0 Å². The van der Waals surface area contributed by atoms with E-state index in [0.29, 0.717) is 0 Å². The Hall–Kier alpha value is -0.120. The highest BCUT2D eigenvalue weighted by molar-refractivity contribution is 4.93. The second kappa shape index (κ2) is 3.32. The van der Waals surface area contributed by atoms with Crippen LogP contribution >= 0.6 is 0 Å². The van der Waals surface area contributed by atoms with E-state index in [1.54, 1.807) is 0 Å². The molecule has 1 saturated carbocycles. The zero-order valence-corrected chi connectivity index (χ0v) is 7.47. The summed E-state index contributed by atoms with van der Waals surface area (Å²) in [6.07, 6.45) is 2.96. The molecular weight excluding hydrogens is 152 g/mol. The molecule has 3 nitrogen and oxygen atoms in total. The Balaban J connectivity index is 1.46. The van der Waals surface area contributed by atoms with Crippen molar-refractivity contribution in [1.29, 1.82) is 0 Å². The third-order valence-electron chi connectivity index (χ3n) is 2.89. The molecular formula is C9H18N2O. The fourth-order valence-electron chi connectivity index (χ4n) is 1.51. The van der Waals surface area contributed by atoms with Gasteiger partial charge in [0, 0.05) is 19.6 Å². The monoisotopic (exact) mass is 170 g/mol. The molecule has 0 aromatic rings. The number of hydrogen-bond donors (Lipinski definition) is 3. The smallest absolute Gasteiger partial charge is 0.0662 e.